The third-order valence-electron chi connectivity index (χ3n) is 3.83. The van der Waals surface area contributed by atoms with Crippen molar-refractivity contribution in [3.05, 3.63) is 40.0 Å². The Morgan fingerprint density at radius 1 is 1.15 bits per heavy atom. The third-order valence-corrected chi connectivity index (χ3v) is 4.32. The van der Waals surface area contributed by atoms with Crippen molar-refractivity contribution in [1.82, 2.24) is 10.1 Å². The molecule has 0 fully saturated rings. The van der Waals surface area contributed by atoms with Gasteiger partial charge in [0.15, 0.2) is 0 Å². The maximum absolute atomic E-state index is 12.2. The normalized spacial score (nSPS) is 11.5. The molecule has 2 N–H and O–H groups in total. The molecule has 1 heterocycles. The van der Waals surface area contributed by atoms with Crippen molar-refractivity contribution in [2.24, 2.45) is 0 Å². The van der Waals surface area contributed by atoms with Crippen molar-refractivity contribution in [2.75, 3.05) is 30.8 Å². The van der Waals surface area contributed by atoms with Crippen LogP contribution in [-0.2, 0) is 15.0 Å². The Bertz CT molecular complexity index is 827. The van der Waals surface area contributed by atoms with Gasteiger partial charge in [0.05, 0.1) is 18.8 Å². The highest BCUT2D eigenvalue weighted by atomic mass is 79.9. The van der Waals surface area contributed by atoms with Crippen LogP contribution in [0.25, 0.3) is 0 Å². The van der Waals surface area contributed by atoms with Crippen LogP contribution >= 0.6 is 15.9 Å². The van der Waals surface area contributed by atoms with Gasteiger partial charge in [0.2, 0.25) is 17.7 Å². The van der Waals surface area contributed by atoms with Gasteiger partial charge in [0.1, 0.15) is 0 Å². The number of amides is 2. The molecule has 0 atom stereocenters. The van der Waals surface area contributed by atoms with Crippen molar-refractivity contribution in [1.29, 1.82) is 0 Å². The Morgan fingerprint density at radius 3 is 2.33 bits per heavy atom. The van der Waals surface area contributed by atoms with E-state index >= 15 is 0 Å². The minimum absolute atomic E-state index is 0.0539. The molecule has 8 heteroatoms. The second kappa shape index (κ2) is 8.67. The van der Waals surface area contributed by atoms with E-state index in [-0.39, 0.29) is 30.3 Å². The van der Waals surface area contributed by atoms with E-state index in [4.69, 9.17) is 4.52 Å². The first kappa shape index (κ1) is 21.1. The Labute approximate surface area is 167 Å². The lowest BCUT2D eigenvalue weighted by Gasteiger charge is -2.16. The van der Waals surface area contributed by atoms with Gasteiger partial charge in [-0.05, 0) is 37.7 Å². The second-order valence-electron chi connectivity index (χ2n) is 7.55. The molecule has 1 aromatic carbocycles. The first-order chi connectivity index (χ1) is 12.5. The van der Waals surface area contributed by atoms with Gasteiger partial charge in [-0.3, -0.25) is 19.8 Å². The molecule has 0 radical (unpaired) electrons. The summed E-state index contributed by atoms with van der Waals surface area (Å²) in [6.45, 7) is 8.09. The van der Waals surface area contributed by atoms with E-state index < -0.39 is 0 Å². The summed E-state index contributed by atoms with van der Waals surface area (Å²) >= 11 is 3.39. The van der Waals surface area contributed by atoms with Gasteiger partial charge in [-0.1, -0.05) is 41.9 Å². The van der Waals surface area contributed by atoms with Crippen LogP contribution in [-0.4, -0.2) is 42.0 Å². The van der Waals surface area contributed by atoms with Gasteiger partial charge in [-0.2, -0.15) is 0 Å². The quantitative estimate of drug-likeness (QED) is 0.722. The number of carbonyl (C=O) groups is 2. The monoisotopic (exact) mass is 436 g/mol. The molecule has 0 aliphatic rings. The summed E-state index contributed by atoms with van der Waals surface area (Å²) in [5.41, 5.74) is 2.30. The molecule has 146 valence electrons. The molecule has 1 aromatic heterocycles. The number of rotatable bonds is 6. The molecule has 0 aliphatic heterocycles. The summed E-state index contributed by atoms with van der Waals surface area (Å²) in [6.07, 6.45) is 0. The summed E-state index contributed by atoms with van der Waals surface area (Å²) in [5, 5.41) is 9.46. The molecule has 2 amide bonds. The maximum Gasteiger partial charge on any atom is 0.240 e. The molecule has 2 rings (SSSR count). The third kappa shape index (κ3) is 6.48. The van der Waals surface area contributed by atoms with Crippen LogP contribution < -0.4 is 10.6 Å². The lowest BCUT2D eigenvalue weighted by atomic mass is 9.92. The van der Waals surface area contributed by atoms with Crippen molar-refractivity contribution < 1.29 is 14.1 Å². The summed E-state index contributed by atoms with van der Waals surface area (Å²) in [6, 6.07) is 7.33. The molecule has 2 aromatic rings. The van der Waals surface area contributed by atoms with E-state index in [0.717, 1.165) is 21.4 Å². The number of halogens is 1. The summed E-state index contributed by atoms with van der Waals surface area (Å²) in [7, 11) is 1.70. The summed E-state index contributed by atoms with van der Waals surface area (Å²) in [4.78, 5) is 25.9. The minimum atomic E-state index is -0.276. The van der Waals surface area contributed by atoms with Crippen LogP contribution in [0.5, 0.6) is 0 Å². The van der Waals surface area contributed by atoms with Crippen molar-refractivity contribution in [3.8, 4) is 0 Å². The van der Waals surface area contributed by atoms with Crippen LogP contribution in [0.15, 0.2) is 33.3 Å². The van der Waals surface area contributed by atoms with E-state index in [0.29, 0.717) is 5.88 Å². The van der Waals surface area contributed by atoms with Crippen LogP contribution in [0.4, 0.5) is 11.6 Å². The smallest absolute Gasteiger partial charge is 0.240 e. The number of aryl methyl sites for hydroxylation is 1. The number of hydrogen-bond donors (Lipinski definition) is 2. The number of nitrogens with one attached hydrogen (secondary N) is 2. The van der Waals surface area contributed by atoms with Gasteiger partial charge in [0, 0.05) is 21.6 Å². The van der Waals surface area contributed by atoms with E-state index in [1.54, 1.807) is 18.0 Å². The maximum atomic E-state index is 12.2. The largest absolute Gasteiger partial charge is 0.338 e. The molecule has 27 heavy (non-hydrogen) atoms. The number of likely N-dealkylation sites (N-methyl/N-ethyl adjacent to an activating group) is 1. The minimum Gasteiger partial charge on any atom is -0.338 e. The molecule has 0 saturated carbocycles. The second-order valence-corrected chi connectivity index (χ2v) is 8.47. The van der Waals surface area contributed by atoms with Crippen LogP contribution in [0.3, 0.4) is 0 Å². The number of benzene rings is 1. The number of anilines is 2. The first-order valence-electron chi connectivity index (χ1n) is 8.56. The van der Waals surface area contributed by atoms with Gasteiger partial charge in [-0.25, -0.2) is 0 Å². The average Bonchev–Trinajstić information content (AvgIpc) is 2.98. The number of nitrogens with zero attached hydrogens (tertiary/aromatic N) is 2. The standard InChI is InChI=1S/C19H25BrN4O3/c1-12-8-13(20)6-7-14(12)21-16(25)10-24(5)11-17(26)22-18-9-15(23-27-18)19(2,3)4/h6-9H,10-11H2,1-5H3,(H,21,25)(H,22,26). The number of aromatic nitrogens is 1. The molecular weight excluding hydrogens is 412 g/mol. The van der Waals surface area contributed by atoms with E-state index in [9.17, 15) is 9.59 Å². The molecule has 0 bridgehead atoms. The van der Waals surface area contributed by atoms with Gasteiger partial charge in [-0.15, -0.1) is 0 Å². The topological polar surface area (TPSA) is 87.5 Å². The number of carbonyl (C=O) groups excluding carboxylic acids is 2. The average molecular weight is 437 g/mol. The highest BCUT2D eigenvalue weighted by Gasteiger charge is 2.20. The predicted molar refractivity (Wildman–Crippen MR) is 109 cm³/mol. The molecular formula is C19H25BrN4O3. The lowest BCUT2D eigenvalue weighted by Crippen LogP contribution is -2.36. The molecule has 0 aliphatic carbocycles. The zero-order valence-electron chi connectivity index (χ0n) is 16.2. The zero-order chi connectivity index (χ0) is 20.2. The van der Waals surface area contributed by atoms with Gasteiger partial charge in [0.25, 0.3) is 0 Å². The Balaban J connectivity index is 1.83. The van der Waals surface area contributed by atoms with Gasteiger partial charge < -0.3 is 9.84 Å². The summed E-state index contributed by atoms with van der Waals surface area (Å²) in [5.74, 6) is -0.166. The predicted octanol–water partition coefficient (Wildman–Crippen LogP) is 3.55. The fraction of sp³-hybridized carbons (Fsp3) is 0.421. The first-order valence-corrected chi connectivity index (χ1v) is 9.35. The lowest BCUT2D eigenvalue weighted by molar-refractivity contribution is -0.119. The van der Waals surface area contributed by atoms with E-state index in [1.807, 2.05) is 45.9 Å². The van der Waals surface area contributed by atoms with E-state index in [1.165, 1.54) is 0 Å². The fourth-order valence-electron chi connectivity index (χ4n) is 2.37. The van der Waals surface area contributed by atoms with Crippen LogP contribution in [0, 0.1) is 6.92 Å². The zero-order valence-corrected chi connectivity index (χ0v) is 17.8. The van der Waals surface area contributed by atoms with Gasteiger partial charge >= 0.3 is 0 Å². The van der Waals surface area contributed by atoms with Crippen molar-refractivity contribution in [3.63, 3.8) is 0 Å². The number of hydrogen-bond acceptors (Lipinski definition) is 5. The highest BCUT2D eigenvalue weighted by molar-refractivity contribution is 9.10. The molecule has 7 nitrogen and oxygen atoms in total. The molecule has 0 spiro atoms. The molecule has 0 saturated heterocycles. The SMILES string of the molecule is Cc1cc(Br)ccc1NC(=O)CN(C)CC(=O)Nc1cc(C(C)(C)C)no1. The van der Waals surface area contributed by atoms with Crippen LogP contribution in [0.1, 0.15) is 32.0 Å². The fourth-order valence-corrected chi connectivity index (χ4v) is 2.84. The van der Waals surface area contributed by atoms with E-state index in [2.05, 4.69) is 31.7 Å². The summed E-state index contributed by atoms with van der Waals surface area (Å²) < 4.78 is 6.10. The molecule has 0 unspecified atom stereocenters. The van der Waals surface area contributed by atoms with Crippen molar-refractivity contribution >= 4 is 39.3 Å². The Hall–Kier alpha value is -2.19. The Kier molecular flexibility index (Phi) is 6.78. The Morgan fingerprint density at radius 2 is 1.78 bits per heavy atom. The highest BCUT2D eigenvalue weighted by Crippen LogP contribution is 2.23. The van der Waals surface area contributed by atoms with Crippen molar-refractivity contribution in [2.45, 2.75) is 33.1 Å². The van der Waals surface area contributed by atoms with Crippen LogP contribution in [0.2, 0.25) is 0 Å².